The number of carbonyl (C=O) groups excluding carboxylic acids is 2. The fraction of sp³-hybridized carbons (Fsp3) is 0.368. The third-order valence-corrected chi connectivity index (χ3v) is 3.96. The fourth-order valence-corrected chi connectivity index (χ4v) is 2.88. The van der Waals surface area contributed by atoms with Crippen LogP contribution in [0.1, 0.15) is 39.2 Å². The highest BCUT2D eigenvalue weighted by Crippen LogP contribution is 2.41. The molecule has 1 aromatic carbocycles. The van der Waals surface area contributed by atoms with Gasteiger partial charge in [-0.15, -0.1) is 0 Å². The zero-order valence-corrected chi connectivity index (χ0v) is 16.1. The molecule has 0 saturated heterocycles. The van der Waals surface area contributed by atoms with Gasteiger partial charge in [-0.2, -0.15) is 0 Å². The Morgan fingerprint density at radius 1 is 1.29 bits per heavy atom. The maximum Gasteiger partial charge on any atom is 0.340 e. The molecule has 0 aromatic heterocycles. The number of hydrogen-bond donors (Lipinski definition) is 1. The van der Waals surface area contributed by atoms with Crippen molar-refractivity contribution in [3.8, 4) is 0 Å². The minimum absolute atomic E-state index is 0.0338. The van der Waals surface area contributed by atoms with Crippen molar-refractivity contribution >= 4 is 17.6 Å². The van der Waals surface area contributed by atoms with Crippen molar-refractivity contribution in [2.24, 2.45) is 5.73 Å². The van der Waals surface area contributed by atoms with E-state index in [0.717, 1.165) is 0 Å². The number of ether oxygens (including phenoxy) is 3. The third kappa shape index (κ3) is 4.30. The van der Waals surface area contributed by atoms with Crippen molar-refractivity contribution in [3.63, 3.8) is 0 Å². The van der Waals surface area contributed by atoms with E-state index in [1.165, 1.54) is 25.1 Å². The van der Waals surface area contributed by atoms with E-state index in [1.807, 2.05) is 0 Å². The molecule has 2 N–H and O–H groups in total. The molecule has 9 nitrogen and oxygen atoms in total. The zero-order chi connectivity index (χ0) is 21.0. The molecule has 0 amide bonds. The molecule has 1 unspecified atom stereocenters. The molecule has 28 heavy (non-hydrogen) atoms. The second kappa shape index (κ2) is 8.55. The number of non-ortho nitro benzene ring substituents is 1. The number of rotatable bonds is 6. The summed E-state index contributed by atoms with van der Waals surface area (Å²) in [6, 6.07) is 5.61. The van der Waals surface area contributed by atoms with E-state index < -0.39 is 28.9 Å². The molecule has 0 radical (unpaired) electrons. The summed E-state index contributed by atoms with van der Waals surface area (Å²) in [5.74, 6) is -2.60. The van der Waals surface area contributed by atoms with Crippen LogP contribution >= 0.6 is 0 Å². The van der Waals surface area contributed by atoms with Crippen molar-refractivity contribution in [3.05, 3.63) is 62.7 Å². The molecule has 0 bridgehead atoms. The smallest absolute Gasteiger partial charge is 0.340 e. The number of esters is 2. The number of nitrogens with two attached hydrogens (primary N) is 1. The lowest BCUT2D eigenvalue weighted by molar-refractivity contribution is -0.384. The second-order valence-corrected chi connectivity index (χ2v) is 6.31. The van der Waals surface area contributed by atoms with Crippen LogP contribution in [0.25, 0.3) is 0 Å². The van der Waals surface area contributed by atoms with Gasteiger partial charge < -0.3 is 19.9 Å². The normalized spacial score (nSPS) is 16.7. The van der Waals surface area contributed by atoms with Gasteiger partial charge in [0.2, 0.25) is 5.88 Å². The van der Waals surface area contributed by atoms with Crippen LogP contribution in [-0.4, -0.2) is 29.6 Å². The molecule has 0 spiro atoms. The summed E-state index contributed by atoms with van der Waals surface area (Å²) in [5, 5.41) is 11.2. The summed E-state index contributed by atoms with van der Waals surface area (Å²) in [5.41, 5.74) is 5.98. The minimum atomic E-state index is -1.03. The first-order valence-corrected chi connectivity index (χ1v) is 8.68. The van der Waals surface area contributed by atoms with Gasteiger partial charge in [-0.1, -0.05) is 12.1 Å². The number of nitro groups is 1. The van der Waals surface area contributed by atoms with E-state index >= 15 is 0 Å². The first-order chi connectivity index (χ1) is 13.2. The molecule has 0 saturated carbocycles. The van der Waals surface area contributed by atoms with Crippen LogP contribution in [-0.2, 0) is 23.8 Å². The molecular formula is C19H22N2O7. The molecule has 1 atom stereocenters. The Kier molecular flexibility index (Phi) is 6.40. The van der Waals surface area contributed by atoms with Crippen LogP contribution in [0.4, 0.5) is 5.69 Å². The molecule has 1 aliphatic rings. The molecule has 0 aliphatic carbocycles. The fourth-order valence-electron chi connectivity index (χ4n) is 2.88. The minimum Gasteiger partial charge on any atom is -0.462 e. The summed E-state index contributed by atoms with van der Waals surface area (Å²) in [7, 11) is 0. The highest BCUT2D eigenvalue weighted by Gasteiger charge is 2.40. The van der Waals surface area contributed by atoms with Gasteiger partial charge in [0, 0.05) is 12.1 Å². The number of nitrogens with zero attached hydrogens (tertiary/aromatic N) is 1. The topological polar surface area (TPSA) is 131 Å². The highest BCUT2D eigenvalue weighted by molar-refractivity contribution is 5.99. The molecule has 1 aliphatic heterocycles. The first-order valence-electron chi connectivity index (χ1n) is 8.68. The summed E-state index contributed by atoms with van der Waals surface area (Å²) >= 11 is 0. The Labute approximate surface area is 161 Å². The van der Waals surface area contributed by atoms with Crippen molar-refractivity contribution in [2.45, 2.75) is 39.7 Å². The summed E-state index contributed by atoms with van der Waals surface area (Å²) in [6.45, 7) is 6.56. The molecule has 0 fully saturated rings. The maximum absolute atomic E-state index is 12.7. The van der Waals surface area contributed by atoms with Crippen LogP contribution in [0, 0.1) is 10.1 Å². The van der Waals surface area contributed by atoms with Gasteiger partial charge in [-0.25, -0.2) is 9.59 Å². The van der Waals surface area contributed by atoms with Crippen LogP contribution < -0.4 is 5.73 Å². The quantitative estimate of drug-likeness (QED) is 0.445. The Bertz CT molecular complexity index is 871. The average Bonchev–Trinajstić information content (AvgIpc) is 2.60. The van der Waals surface area contributed by atoms with Crippen LogP contribution in [0.5, 0.6) is 0 Å². The van der Waals surface area contributed by atoms with Crippen molar-refractivity contribution in [1.29, 1.82) is 0 Å². The second-order valence-electron chi connectivity index (χ2n) is 6.31. The Hall–Kier alpha value is -3.36. The largest absolute Gasteiger partial charge is 0.462 e. The highest BCUT2D eigenvalue weighted by atomic mass is 16.6. The SMILES string of the molecule is CCOC(=O)C1=C(N)OC(C)=C(C(=O)OC(C)C)C1c1cccc([N+](=O)[O-])c1. The van der Waals surface area contributed by atoms with Gasteiger partial charge in [-0.05, 0) is 33.3 Å². The lowest BCUT2D eigenvalue weighted by Crippen LogP contribution is -2.31. The van der Waals surface area contributed by atoms with Gasteiger partial charge >= 0.3 is 11.9 Å². The average molecular weight is 390 g/mol. The van der Waals surface area contributed by atoms with Gasteiger partial charge in [0.15, 0.2) is 0 Å². The monoisotopic (exact) mass is 390 g/mol. The van der Waals surface area contributed by atoms with Gasteiger partial charge in [0.05, 0.1) is 29.1 Å². The maximum atomic E-state index is 12.7. The van der Waals surface area contributed by atoms with E-state index in [9.17, 15) is 19.7 Å². The lowest BCUT2D eigenvalue weighted by Gasteiger charge is -2.29. The Morgan fingerprint density at radius 2 is 1.96 bits per heavy atom. The first kappa shape index (κ1) is 20.9. The molecule has 1 heterocycles. The summed E-state index contributed by atoms with van der Waals surface area (Å²) < 4.78 is 15.8. The Balaban J connectivity index is 2.68. The molecule has 9 heteroatoms. The van der Waals surface area contributed by atoms with Gasteiger partial charge in [-0.3, -0.25) is 10.1 Å². The van der Waals surface area contributed by atoms with Gasteiger partial charge in [0.25, 0.3) is 5.69 Å². The number of carbonyl (C=O) groups is 2. The summed E-state index contributed by atoms with van der Waals surface area (Å²) in [6.07, 6.45) is -0.423. The number of nitro benzene ring substituents is 1. The van der Waals surface area contributed by atoms with E-state index in [1.54, 1.807) is 26.8 Å². The summed E-state index contributed by atoms with van der Waals surface area (Å²) in [4.78, 5) is 35.9. The van der Waals surface area contributed by atoms with E-state index in [-0.39, 0.29) is 35.1 Å². The molecule has 150 valence electrons. The molecular weight excluding hydrogens is 368 g/mol. The lowest BCUT2D eigenvalue weighted by atomic mass is 9.82. The third-order valence-electron chi connectivity index (χ3n) is 3.96. The van der Waals surface area contributed by atoms with Crippen LogP contribution in [0.3, 0.4) is 0 Å². The van der Waals surface area contributed by atoms with Crippen LogP contribution in [0.15, 0.2) is 47.1 Å². The predicted molar refractivity (Wildman–Crippen MR) is 98.7 cm³/mol. The van der Waals surface area contributed by atoms with E-state index in [0.29, 0.717) is 5.56 Å². The van der Waals surface area contributed by atoms with Crippen molar-refractivity contribution in [1.82, 2.24) is 0 Å². The molecule has 2 rings (SSSR count). The van der Waals surface area contributed by atoms with Crippen molar-refractivity contribution in [2.75, 3.05) is 6.61 Å². The van der Waals surface area contributed by atoms with Gasteiger partial charge in [0.1, 0.15) is 11.3 Å². The zero-order valence-electron chi connectivity index (χ0n) is 16.1. The van der Waals surface area contributed by atoms with E-state index in [2.05, 4.69) is 0 Å². The standard InChI is InChI=1S/C19H22N2O7/c1-5-26-18(22)16-15(12-7-6-8-13(9-12)21(24)25)14(11(4)28-17(16)20)19(23)27-10(2)3/h6-10,15H,5,20H2,1-4H3. The van der Waals surface area contributed by atoms with Crippen molar-refractivity contribution < 1.29 is 28.7 Å². The van der Waals surface area contributed by atoms with Crippen LogP contribution in [0.2, 0.25) is 0 Å². The number of hydrogen-bond acceptors (Lipinski definition) is 8. The predicted octanol–water partition coefficient (Wildman–Crippen LogP) is 2.67. The number of benzene rings is 1. The Morgan fingerprint density at radius 3 is 2.54 bits per heavy atom. The van der Waals surface area contributed by atoms with E-state index in [4.69, 9.17) is 19.9 Å². The number of allylic oxidation sites excluding steroid dienone is 1. The molecule has 1 aromatic rings.